The molecular weight excluding hydrogens is 292 g/mol. The van der Waals surface area contributed by atoms with E-state index in [1.54, 1.807) is 0 Å². The van der Waals surface area contributed by atoms with E-state index in [9.17, 15) is 4.79 Å². The number of aryl methyl sites for hydroxylation is 1. The first-order valence-corrected chi connectivity index (χ1v) is 7.21. The van der Waals surface area contributed by atoms with Crippen LogP contribution in [0.5, 0.6) is 0 Å². The van der Waals surface area contributed by atoms with Gasteiger partial charge in [0, 0.05) is 10.9 Å². The standard InChI is InChI=1S/C14H19BrN2O/c1-9-6-11(15)14(12(16)7-9)17-13(18)8-10-4-2-3-5-10/h6-7,10H,2-5,8,16H2,1H3,(H,17,18). The highest BCUT2D eigenvalue weighted by Gasteiger charge is 2.19. The molecule has 0 aliphatic heterocycles. The van der Waals surface area contributed by atoms with Crippen molar-refractivity contribution in [3.05, 3.63) is 22.2 Å². The van der Waals surface area contributed by atoms with E-state index in [1.165, 1.54) is 25.7 Å². The van der Waals surface area contributed by atoms with Crippen LogP contribution in [0, 0.1) is 12.8 Å². The van der Waals surface area contributed by atoms with E-state index in [0.29, 0.717) is 23.7 Å². The lowest BCUT2D eigenvalue weighted by Gasteiger charge is -2.13. The van der Waals surface area contributed by atoms with Gasteiger partial charge in [-0.15, -0.1) is 0 Å². The van der Waals surface area contributed by atoms with E-state index < -0.39 is 0 Å². The lowest BCUT2D eigenvalue weighted by atomic mass is 10.0. The molecule has 0 atom stereocenters. The SMILES string of the molecule is Cc1cc(N)c(NC(=O)CC2CCCC2)c(Br)c1. The largest absolute Gasteiger partial charge is 0.397 e. The Morgan fingerprint density at radius 1 is 1.44 bits per heavy atom. The first-order valence-electron chi connectivity index (χ1n) is 6.41. The van der Waals surface area contributed by atoms with Gasteiger partial charge in [-0.1, -0.05) is 12.8 Å². The van der Waals surface area contributed by atoms with Crippen LogP contribution in [-0.2, 0) is 4.79 Å². The van der Waals surface area contributed by atoms with Crippen molar-refractivity contribution in [2.45, 2.75) is 39.0 Å². The summed E-state index contributed by atoms with van der Waals surface area (Å²) in [5.41, 5.74) is 8.32. The quantitative estimate of drug-likeness (QED) is 0.833. The molecular formula is C14H19BrN2O. The number of hydrogen-bond acceptors (Lipinski definition) is 2. The molecule has 3 N–H and O–H groups in total. The first-order chi connectivity index (χ1) is 8.56. The number of nitrogens with one attached hydrogen (secondary N) is 1. The average molecular weight is 311 g/mol. The molecule has 1 saturated carbocycles. The summed E-state index contributed by atoms with van der Waals surface area (Å²) in [5.74, 6) is 0.619. The maximum Gasteiger partial charge on any atom is 0.224 e. The van der Waals surface area contributed by atoms with Gasteiger partial charge in [-0.2, -0.15) is 0 Å². The van der Waals surface area contributed by atoms with E-state index in [2.05, 4.69) is 21.2 Å². The highest BCUT2D eigenvalue weighted by molar-refractivity contribution is 9.10. The van der Waals surface area contributed by atoms with Crippen molar-refractivity contribution < 1.29 is 4.79 Å². The van der Waals surface area contributed by atoms with Gasteiger partial charge in [-0.3, -0.25) is 4.79 Å². The molecule has 0 unspecified atom stereocenters. The van der Waals surface area contributed by atoms with E-state index in [1.807, 2.05) is 19.1 Å². The van der Waals surface area contributed by atoms with Gasteiger partial charge in [0.1, 0.15) is 0 Å². The smallest absolute Gasteiger partial charge is 0.224 e. The average Bonchev–Trinajstić information content (AvgIpc) is 2.76. The number of halogens is 1. The van der Waals surface area contributed by atoms with E-state index in [4.69, 9.17) is 5.73 Å². The lowest BCUT2D eigenvalue weighted by Crippen LogP contribution is -2.16. The van der Waals surface area contributed by atoms with Crippen LogP contribution in [0.4, 0.5) is 11.4 Å². The molecule has 18 heavy (non-hydrogen) atoms. The minimum atomic E-state index is 0.0677. The van der Waals surface area contributed by atoms with Gasteiger partial charge in [0.15, 0.2) is 0 Å². The summed E-state index contributed by atoms with van der Waals surface area (Å²) >= 11 is 3.44. The Kier molecular flexibility index (Phi) is 4.27. The Balaban J connectivity index is 2.02. The zero-order chi connectivity index (χ0) is 13.1. The third-order valence-corrected chi connectivity index (χ3v) is 4.10. The van der Waals surface area contributed by atoms with Gasteiger partial charge in [-0.05, 0) is 59.3 Å². The molecule has 1 aromatic carbocycles. The van der Waals surface area contributed by atoms with Gasteiger partial charge in [-0.25, -0.2) is 0 Å². The molecule has 0 spiro atoms. The van der Waals surface area contributed by atoms with Crippen molar-refractivity contribution in [3.8, 4) is 0 Å². The number of nitrogens with two attached hydrogens (primary N) is 1. The number of carbonyl (C=O) groups is 1. The van der Waals surface area contributed by atoms with E-state index in [-0.39, 0.29) is 5.91 Å². The molecule has 0 saturated heterocycles. The second kappa shape index (κ2) is 5.74. The van der Waals surface area contributed by atoms with Gasteiger partial charge in [0.2, 0.25) is 5.91 Å². The van der Waals surface area contributed by atoms with Crippen LogP contribution in [0.2, 0.25) is 0 Å². The molecule has 0 bridgehead atoms. The van der Waals surface area contributed by atoms with Crippen molar-refractivity contribution in [1.82, 2.24) is 0 Å². The predicted octanol–water partition coefficient (Wildman–Crippen LogP) is 3.86. The molecule has 1 aromatic rings. The van der Waals surface area contributed by atoms with Crippen molar-refractivity contribution in [1.29, 1.82) is 0 Å². The predicted molar refractivity (Wildman–Crippen MR) is 78.5 cm³/mol. The van der Waals surface area contributed by atoms with Crippen molar-refractivity contribution >= 4 is 33.2 Å². The maximum absolute atomic E-state index is 12.0. The second-order valence-corrected chi connectivity index (χ2v) is 5.97. The van der Waals surface area contributed by atoms with E-state index >= 15 is 0 Å². The number of benzene rings is 1. The molecule has 1 aliphatic carbocycles. The fraction of sp³-hybridized carbons (Fsp3) is 0.500. The monoisotopic (exact) mass is 310 g/mol. The Hall–Kier alpha value is -1.03. The maximum atomic E-state index is 12.0. The van der Waals surface area contributed by atoms with Crippen LogP contribution in [0.3, 0.4) is 0 Å². The van der Waals surface area contributed by atoms with Crippen LogP contribution in [0.25, 0.3) is 0 Å². The topological polar surface area (TPSA) is 55.1 Å². The molecule has 1 aliphatic rings. The van der Waals surface area contributed by atoms with E-state index in [0.717, 1.165) is 10.0 Å². The van der Waals surface area contributed by atoms with Crippen LogP contribution in [-0.4, -0.2) is 5.91 Å². The minimum Gasteiger partial charge on any atom is -0.397 e. The Morgan fingerprint density at radius 2 is 2.11 bits per heavy atom. The highest BCUT2D eigenvalue weighted by atomic mass is 79.9. The number of carbonyl (C=O) groups excluding carboxylic acids is 1. The third-order valence-electron chi connectivity index (χ3n) is 3.48. The van der Waals surface area contributed by atoms with Crippen molar-refractivity contribution in [2.75, 3.05) is 11.1 Å². The third kappa shape index (κ3) is 3.25. The minimum absolute atomic E-state index is 0.0677. The number of anilines is 2. The Labute approximate surface area is 116 Å². The molecule has 1 amide bonds. The summed E-state index contributed by atoms with van der Waals surface area (Å²) in [7, 11) is 0. The van der Waals surface area contributed by atoms with Crippen molar-refractivity contribution in [2.24, 2.45) is 5.92 Å². The molecule has 0 aromatic heterocycles. The summed E-state index contributed by atoms with van der Waals surface area (Å²) in [6.07, 6.45) is 5.48. The number of rotatable bonds is 3. The number of nitrogen functional groups attached to an aromatic ring is 1. The Morgan fingerprint density at radius 3 is 2.72 bits per heavy atom. The summed E-state index contributed by atoms with van der Waals surface area (Å²) in [6, 6.07) is 3.83. The molecule has 98 valence electrons. The van der Waals surface area contributed by atoms with Crippen LogP contribution >= 0.6 is 15.9 Å². The number of amides is 1. The molecule has 0 heterocycles. The molecule has 0 radical (unpaired) electrons. The van der Waals surface area contributed by atoms with Gasteiger partial charge >= 0.3 is 0 Å². The van der Waals surface area contributed by atoms with Gasteiger partial charge < -0.3 is 11.1 Å². The van der Waals surface area contributed by atoms with Crippen LogP contribution < -0.4 is 11.1 Å². The van der Waals surface area contributed by atoms with Crippen LogP contribution in [0.1, 0.15) is 37.7 Å². The molecule has 4 heteroatoms. The van der Waals surface area contributed by atoms with Gasteiger partial charge in [0.25, 0.3) is 0 Å². The normalized spacial score (nSPS) is 15.9. The second-order valence-electron chi connectivity index (χ2n) is 5.11. The van der Waals surface area contributed by atoms with Crippen molar-refractivity contribution in [3.63, 3.8) is 0 Å². The first kappa shape index (κ1) is 13.4. The summed E-state index contributed by atoms with van der Waals surface area (Å²) in [4.78, 5) is 12.0. The lowest BCUT2D eigenvalue weighted by molar-refractivity contribution is -0.117. The fourth-order valence-electron chi connectivity index (χ4n) is 2.57. The molecule has 2 rings (SSSR count). The van der Waals surface area contributed by atoms with Crippen LogP contribution in [0.15, 0.2) is 16.6 Å². The molecule has 3 nitrogen and oxygen atoms in total. The Bertz CT molecular complexity index is 430. The fourth-order valence-corrected chi connectivity index (χ4v) is 3.26. The zero-order valence-corrected chi connectivity index (χ0v) is 12.2. The van der Waals surface area contributed by atoms with Gasteiger partial charge in [0.05, 0.1) is 11.4 Å². The summed E-state index contributed by atoms with van der Waals surface area (Å²) < 4.78 is 0.847. The molecule has 1 fully saturated rings. The summed E-state index contributed by atoms with van der Waals surface area (Å²) in [6.45, 7) is 1.98. The summed E-state index contributed by atoms with van der Waals surface area (Å²) in [5, 5.41) is 2.92. The number of hydrogen-bond donors (Lipinski definition) is 2. The highest BCUT2D eigenvalue weighted by Crippen LogP contribution is 2.32. The zero-order valence-electron chi connectivity index (χ0n) is 10.6.